The lowest BCUT2D eigenvalue weighted by atomic mass is 10.3. The molecule has 62 valence electrons. The zero-order valence-electron chi connectivity index (χ0n) is 6.56. The van der Waals surface area contributed by atoms with Gasteiger partial charge in [-0.05, 0) is 6.07 Å². The molecule has 2 aromatic rings. The van der Waals surface area contributed by atoms with Gasteiger partial charge in [0.2, 0.25) is 0 Å². The molecule has 2 aromatic heterocycles. The summed E-state index contributed by atoms with van der Waals surface area (Å²) in [6, 6.07) is 1.72. The van der Waals surface area contributed by atoms with Crippen molar-refractivity contribution in [1.29, 1.82) is 0 Å². The van der Waals surface area contributed by atoms with Crippen LogP contribution in [0.15, 0.2) is 18.5 Å². The lowest BCUT2D eigenvalue weighted by molar-refractivity contribution is 0.639. The highest BCUT2D eigenvalue weighted by molar-refractivity contribution is 5.79. The third kappa shape index (κ3) is 0.922. The zero-order valence-corrected chi connectivity index (χ0v) is 6.56. The third-order valence-electron chi connectivity index (χ3n) is 1.77. The molecule has 2 rings (SSSR count). The number of fused-ring (bicyclic) bond motifs is 1. The topological polar surface area (TPSA) is 40.7 Å². The van der Waals surface area contributed by atoms with E-state index in [4.69, 9.17) is 0 Å². The fourth-order valence-corrected chi connectivity index (χ4v) is 1.11. The number of H-pyrrole nitrogens is 1. The molecule has 0 fully saturated rings. The number of aromatic amines is 1. The number of nitrogens with one attached hydrogen (secondary N) is 2. The Hall–Kier alpha value is -1.58. The molecule has 0 aliphatic heterocycles. The molecule has 0 aliphatic rings. The van der Waals surface area contributed by atoms with Gasteiger partial charge < -0.3 is 10.3 Å². The Balaban J connectivity index is 2.71. The highest BCUT2D eigenvalue weighted by Crippen LogP contribution is 2.17. The summed E-state index contributed by atoms with van der Waals surface area (Å²) in [6.45, 7) is 0. The summed E-state index contributed by atoms with van der Waals surface area (Å²) >= 11 is 0. The van der Waals surface area contributed by atoms with Gasteiger partial charge in [0.1, 0.15) is 11.5 Å². The van der Waals surface area contributed by atoms with Gasteiger partial charge in [0, 0.05) is 13.2 Å². The van der Waals surface area contributed by atoms with Crippen molar-refractivity contribution in [2.75, 3.05) is 12.4 Å². The summed E-state index contributed by atoms with van der Waals surface area (Å²) in [4.78, 5) is 6.74. The van der Waals surface area contributed by atoms with Crippen LogP contribution in [0.25, 0.3) is 11.0 Å². The molecule has 0 aliphatic carbocycles. The van der Waals surface area contributed by atoms with E-state index in [1.54, 1.807) is 19.3 Å². The first-order valence-electron chi connectivity index (χ1n) is 3.61. The normalized spacial score (nSPS) is 10.5. The van der Waals surface area contributed by atoms with E-state index in [2.05, 4.69) is 15.3 Å². The van der Waals surface area contributed by atoms with E-state index in [9.17, 15) is 4.39 Å². The van der Waals surface area contributed by atoms with Crippen molar-refractivity contribution in [2.45, 2.75) is 0 Å². The minimum atomic E-state index is -0.269. The molecule has 0 spiro atoms. The molecule has 0 saturated heterocycles. The van der Waals surface area contributed by atoms with E-state index >= 15 is 0 Å². The number of hydrogen-bond acceptors (Lipinski definition) is 2. The fraction of sp³-hybridized carbons (Fsp3) is 0.125. The van der Waals surface area contributed by atoms with Gasteiger partial charge in [-0.25, -0.2) is 9.37 Å². The van der Waals surface area contributed by atoms with Gasteiger partial charge >= 0.3 is 0 Å². The van der Waals surface area contributed by atoms with Crippen LogP contribution in [0.4, 0.5) is 10.1 Å². The monoisotopic (exact) mass is 165 g/mol. The summed E-state index contributed by atoms with van der Waals surface area (Å²) < 4.78 is 13.0. The SMILES string of the molecule is CNc1cnc2[nH]cc(F)c2c1. The number of anilines is 1. The fourth-order valence-electron chi connectivity index (χ4n) is 1.11. The lowest BCUT2D eigenvalue weighted by Gasteiger charge is -1.97. The molecular weight excluding hydrogens is 157 g/mol. The molecule has 2 heterocycles. The first kappa shape index (κ1) is 7.09. The Morgan fingerprint density at radius 3 is 3.17 bits per heavy atom. The van der Waals surface area contributed by atoms with Crippen LogP contribution >= 0.6 is 0 Å². The molecule has 0 radical (unpaired) electrons. The average molecular weight is 165 g/mol. The Morgan fingerprint density at radius 2 is 2.42 bits per heavy atom. The smallest absolute Gasteiger partial charge is 0.150 e. The standard InChI is InChI=1S/C8H8FN3/c1-10-5-2-6-7(9)4-12-8(6)11-3-5/h2-4,10H,1H3,(H,11,12). The third-order valence-corrected chi connectivity index (χ3v) is 1.77. The predicted molar refractivity (Wildman–Crippen MR) is 45.6 cm³/mol. The number of aromatic nitrogens is 2. The van der Waals surface area contributed by atoms with Crippen LogP contribution in [0.1, 0.15) is 0 Å². The van der Waals surface area contributed by atoms with E-state index in [0.717, 1.165) is 5.69 Å². The Morgan fingerprint density at radius 1 is 1.58 bits per heavy atom. The minimum Gasteiger partial charge on any atom is -0.387 e. The maximum atomic E-state index is 13.0. The Bertz CT molecular complexity index is 408. The van der Waals surface area contributed by atoms with Gasteiger partial charge in [0.05, 0.1) is 17.3 Å². The molecule has 0 bridgehead atoms. The van der Waals surface area contributed by atoms with Gasteiger partial charge in [-0.2, -0.15) is 0 Å². The van der Waals surface area contributed by atoms with Crippen LogP contribution in [0.5, 0.6) is 0 Å². The Labute approximate surface area is 68.6 Å². The van der Waals surface area contributed by atoms with Crippen molar-refractivity contribution in [3.63, 3.8) is 0 Å². The summed E-state index contributed by atoms with van der Waals surface area (Å²) in [5.41, 5.74) is 1.38. The summed E-state index contributed by atoms with van der Waals surface area (Å²) in [7, 11) is 1.77. The van der Waals surface area contributed by atoms with Crippen LogP contribution in [-0.4, -0.2) is 17.0 Å². The molecule has 0 atom stereocenters. The van der Waals surface area contributed by atoms with Crippen molar-refractivity contribution in [1.82, 2.24) is 9.97 Å². The van der Waals surface area contributed by atoms with E-state index in [0.29, 0.717) is 11.0 Å². The first-order valence-corrected chi connectivity index (χ1v) is 3.61. The molecule has 3 nitrogen and oxygen atoms in total. The van der Waals surface area contributed by atoms with Crippen molar-refractivity contribution in [3.05, 3.63) is 24.3 Å². The zero-order chi connectivity index (χ0) is 8.55. The van der Waals surface area contributed by atoms with Crippen LogP contribution in [0, 0.1) is 5.82 Å². The van der Waals surface area contributed by atoms with Crippen molar-refractivity contribution in [3.8, 4) is 0 Å². The number of halogens is 1. The largest absolute Gasteiger partial charge is 0.387 e. The molecular formula is C8H8FN3. The van der Waals surface area contributed by atoms with Gasteiger partial charge in [-0.3, -0.25) is 0 Å². The second-order valence-electron chi connectivity index (χ2n) is 2.51. The lowest BCUT2D eigenvalue weighted by Crippen LogP contribution is -1.88. The van der Waals surface area contributed by atoms with Gasteiger partial charge in [0.25, 0.3) is 0 Å². The molecule has 2 N–H and O–H groups in total. The second kappa shape index (κ2) is 2.48. The summed E-state index contributed by atoms with van der Waals surface area (Å²) in [5.74, 6) is -0.269. The maximum Gasteiger partial charge on any atom is 0.150 e. The maximum absolute atomic E-state index is 13.0. The minimum absolute atomic E-state index is 0.269. The van der Waals surface area contributed by atoms with Gasteiger partial charge in [-0.15, -0.1) is 0 Å². The van der Waals surface area contributed by atoms with Crippen molar-refractivity contribution in [2.24, 2.45) is 0 Å². The van der Waals surface area contributed by atoms with Gasteiger partial charge in [0.15, 0.2) is 0 Å². The number of pyridine rings is 1. The molecule has 12 heavy (non-hydrogen) atoms. The summed E-state index contributed by atoms with van der Waals surface area (Å²) in [5, 5.41) is 3.41. The van der Waals surface area contributed by atoms with Crippen LogP contribution < -0.4 is 5.32 Å². The van der Waals surface area contributed by atoms with E-state index in [1.165, 1.54) is 6.20 Å². The van der Waals surface area contributed by atoms with Crippen LogP contribution in [-0.2, 0) is 0 Å². The number of nitrogens with zero attached hydrogens (tertiary/aromatic N) is 1. The quantitative estimate of drug-likeness (QED) is 0.675. The average Bonchev–Trinajstić information content (AvgIpc) is 2.47. The highest BCUT2D eigenvalue weighted by Gasteiger charge is 2.03. The highest BCUT2D eigenvalue weighted by atomic mass is 19.1. The molecule has 0 aromatic carbocycles. The molecule has 0 amide bonds. The number of hydrogen-bond donors (Lipinski definition) is 2. The van der Waals surface area contributed by atoms with Crippen LogP contribution in [0.2, 0.25) is 0 Å². The van der Waals surface area contributed by atoms with Crippen molar-refractivity contribution < 1.29 is 4.39 Å². The van der Waals surface area contributed by atoms with E-state index < -0.39 is 0 Å². The van der Waals surface area contributed by atoms with Crippen molar-refractivity contribution >= 4 is 16.7 Å². The molecule has 4 heteroatoms. The van der Waals surface area contributed by atoms with E-state index in [-0.39, 0.29) is 5.82 Å². The second-order valence-corrected chi connectivity index (χ2v) is 2.51. The Kier molecular flexibility index (Phi) is 1.46. The predicted octanol–water partition coefficient (Wildman–Crippen LogP) is 1.74. The summed E-state index contributed by atoms with van der Waals surface area (Å²) in [6.07, 6.45) is 2.95. The molecule has 0 unspecified atom stereocenters. The van der Waals surface area contributed by atoms with Crippen LogP contribution in [0.3, 0.4) is 0 Å². The van der Waals surface area contributed by atoms with Gasteiger partial charge in [-0.1, -0.05) is 0 Å². The molecule has 0 saturated carbocycles. The number of rotatable bonds is 1. The first-order chi connectivity index (χ1) is 5.81. The van der Waals surface area contributed by atoms with E-state index in [1.807, 2.05) is 0 Å².